The van der Waals surface area contributed by atoms with Gasteiger partial charge in [0.15, 0.2) is 0 Å². The summed E-state index contributed by atoms with van der Waals surface area (Å²) in [5, 5.41) is 0. The second-order valence-corrected chi connectivity index (χ2v) is 7.25. The Morgan fingerprint density at radius 2 is 1.32 bits per heavy atom. The van der Waals surface area contributed by atoms with Crippen LogP contribution in [0.2, 0.25) is 0 Å². The molecule has 0 radical (unpaired) electrons. The van der Waals surface area contributed by atoms with Crippen molar-refractivity contribution in [2.45, 2.75) is 52.9 Å². The molecule has 112 valence electrons. The minimum absolute atomic E-state index is 0.829. The summed E-state index contributed by atoms with van der Waals surface area (Å²) in [5.74, 6) is 2.89. The Morgan fingerprint density at radius 1 is 0.842 bits per heavy atom. The Hall–Kier alpha value is -0.0800. The van der Waals surface area contributed by atoms with E-state index in [-0.39, 0.29) is 0 Å². The predicted octanol–water partition coefficient (Wildman–Crippen LogP) is 3.48. The average Bonchev–Trinajstić information content (AvgIpc) is 2.41. The molecule has 0 atom stereocenters. The van der Waals surface area contributed by atoms with Gasteiger partial charge in [-0.05, 0) is 82.6 Å². The number of nitrogens with zero attached hydrogens (tertiary/aromatic N) is 2. The van der Waals surface area contributed by atoms with Crippen LogP contribution in [-0.2, 0) is 0 Å². The van der Waals surface area contributed by atoms with Crippen molar-refractivity contribution >= 4 is 0 Å². The molecule has 0 amide bonds. The maximum Gasteiger partial charge on any atom is 0.000439 e. The molecule has 0 aliphatic carbocycles. The van der Waals surface area contributed by atoms with Crippen LogP contribution in [0.15, 0.2) is 0 Å². The molecule has 2 saturated heterocycles. The summed E-state index contributed by atoms with van der Waals surface area (Å²) in [6.07, 6.45) is 7.36. The molecule has 0 bridgehead atoms. The van der Waals surface area contributed by atoms with Crippen molar-refractivity contribution in [3.8, 4) is 0 Å². The summed E-state index contributed by atoms with van der Waals surface area (Å²) in [6.45, 7) is 15.0. The molecule has 2 nitrogen and oxygen atoms in total. The summed E-state index contributed by atoms with van der Waals surface area (Å²) < 4.78 is 0. The van der Waals surface area contributed by atoms with E-state index in [1.807, 2.05) is 0 Å². The van der Waals surface area contributed by atoms with Crippen molar-refractivity contribution < 1.29 is 0 Å². The maximum atomic E-state index is 2.68. The molecule has 2 aliphatic rings. The van der Waals surface area contributed by atoms with Crippen LogP contribution in [0.3, 0.4) is 0 Å². The fourth-order valence-corrected chi connectivity index (χ4v) is 3.93. The number of likely N-dealkylation sites (tertiary alicyclic amines) is 2. The lowest BCUT2D eigenvalue weighted by Crippen LogP contribution is -2.38. The van der Waals surface area contributed by atoms with Crippen LogP contribution in [0, 0.1) is 17.8 Å². The van der Waals surface area contributed by atoms with E-state index >= 15 is 0 Å². The van der Waals surface area contributed by atoms with Crippen molar-refractivity contribution in [3.63, 3.8) is 0 Å². The third-order valence-electron chi connectivity index (χ3n) is 5.15. The van der Waals surface area contributed by atoms with E-state index in [4.69, 9.17) is 0 Å². The van der Waals surface area contributed by atoms with Crippen LogP contribution in [0.1, 0.15) is 52.9 Å². The third kappa shape index (κ3) is 5.07. The second kappa shape index (κ2) is 7.64. The van der Waals surface area contributed by atoms with Gasteiger partial charge in [0.05, 0.1) is 0 Å². The molecule has 0 aromatic heterocycles. The molecule has 2 aliphatic heterocycles. The van der Waals surface area contributed by atoms with Gasteiger partial charge in [0.25, 0.3) is 0 Å². The van der Waals surface area contributed by atoms with Crippen molar-refractivity contribution in [1.82, 2.24) is 9.80 Å². The Bertz CT molecular complexity index is 236. The molecule has 0 N–H and O–H groups in total. The van der Waals surface area contributed by atoms with Gasteiger partial charge in [-0.1, -0.05) is 20.8 Å². The first-order valence-corrected chi connectivity index (χ1v) is 8.62. The molecule has 0 saturated carbocycles. The molecule has 2 rings (SSSR count). The van der Waals surface area contributed by atoms with E-state index in [2.05, 4.69) is 30.6 Å². The molecular formula is C17H34N2. The number of rotatable bonds is 5. The quantitative estimate of drug-likeness (QED) is 0.752. The van der Waals surface area contributed by atoms with Crippen molar-refractivity contribution in [2.75, 3.05) is 39.3 Å². The summed E-state index contributed by atoms with van der Waals surface area (Å²) in [7, 11) is 0. The van der Waals surface area contributed by atoms with E-state index in [0.29, 0.717) is 0 Å². The van der Waals surface area contributed by atoms with Gasteiger partial charge in [-0.3, -0.25) is 0 Å². The van der Waals surface area contributed by atoms with E-state index in [0.717, 1.165) is 17.8 Å². The molecular weight excluding hydrogens is 232 g/mol. The molecule has 2 heterocycles. The number of hydrogen-bond donors (Lipinski definition) is 0. The van der Waals surface area contributed by atoms with Gasteiger partial charge in [0, 0.05) is 6.54 Å². The standard InChI is InChI=1S/C17H34N2/c1-4-18-9-5-16(6-10-18)13-17-7-11-19(12-8-17)14-15(2)3/h15-17H,4-14H2,1-3H3. The highest BCUT2D eigenvalue weighted by molar-refractivity contribution is 4.78. The number of piperidine rings is 2. The molecule has 19 heavy (non-hydrogen) atoms. The Morgan fingerprint density at radius 3 is 1.74 bits per heavy atom. The van der Waals surface area contributed by atoms with Gasteiger partial charge in [0.2, 0.25) is 0 Å². The highest BCUT2D eigenvalue weighted by Crippen LogP contribution is 2.29. The minimum Gasteiger partial charge on any atom is -0.304 e. The lowest BCUT2D eigenvalue weighted by molar-refractivity contribution is 0.129. The molecule has 2 heteroatoms. The van der Waals surface area contributed by atoms with E-state index in [9.17, 15) is 0 Å². The highest BCUT2D eigenvalue weighted by atomic mass is 15.1. The van der Waals surface area contributed by atoms with Crippen molar-refractivity contribution in [1.29, 1.82) is 0 Å². The molecule has 2 fully saturated rings. The van der Waals surface area contributed by atoms with Crippen LogP contribution in [-0.4, -0.2) is 49.1 Å². The van der Waals surface area contributed by atoms with E-state index < -0.39 is 0 Å². The third-order valence-corrected chi connectivity index (χ3v) is 5.15. The summed E-state index contributed by atoms with van der Waals surface area (Å²) in [5.41, 5.74) is 0. The first-order valence-electron chi connectivity index (χ1n) is 8.62. The lowest BCUT2D eigenvalue weighted by Gasteiger charge is -2.37. The molecule has 0 unspecified atom stereocenters. The Labute approximate surface area is 120 Å². The first-order chi connectivity index (χ1) is 9.17. The monoisotopic (exact) mass is 266 g/mol. The lowest BCUT2D eigenvalue weighted by atomic mass is 9.82. The fourth-order valence-electron chi connectivity index (χ4n) is 3.93. The number of hydrogen-bond acceptors (Lipinski definition) is 2. The predicted molar refractivity (Wildman–Crippen MR) is 83.5 cm³/mol. The van der Waals surface area contributed by atoms with Crippen LogP contribution >= 0.6 is 0 Å². The smallest absolute Gasteiger partial charge is 0.000439 e. The summed E-state index contributed by atoms with van der Waals surface area (Å²) in [6, 6.07) is 0. The summed E-state index contributed by atoms with van der Waals surface area (Å²) >= 11 is 0. The normalized spacial score (nSPS) is 25.3. The van der Waals surface area contributed by atoms with E-state index in [1.165, 1.54) is 71.4 Å². The Kier molecular flexibility index (Phi) is 6.15. The van der Waals surface area contributed by atoms with Crippen molar-refractivity contribution in [2.24, 2.45) is 17.8 Å². The highest BCUT2D eigenvalue weighted by Gasteiger charge is 2.25. The minimum atomic E-state index is 0.829. The van der Waals surface area contributed by atoms with Gasteiger partial charge < -0.3 is 9.80 Å². The molecule has 0 aromatic rings. The maximum absolute atomic E-state index is 2.68. The topological polar surface area (TPSA) is 6.48 Å². The molecule has 0 aromatic carbocycles. The fraction of sp³-hybridized carbons (Fsp3) is 1.00. The van der Waals surface area contributed by atoms with Gasteiger partial charge in [-0.2, -0.15) is 0 Å². The largest absolute Gasteiger partial charge is 0.304 e. The SMILES string of the molecule is CCN1CCC(CC2CCN(CC(C)C)CC2)CC1. The first kappa shape index (κ1) is 15.3. The van der Waals surface area contributed by atoms with Gasteiger partial charge >= 0.3 is 0 Å². The van der Waals surface area contributed by atoms with Crippen LogP contribution in [0.4, 0.5) is 0 Å². The molecule has 0 spiro atoms. The van der Waals surface area contributed by atoms with Crippen molar-refractivity contribution in [3.05, 3.63) is 0 Å². The zero-order valence-corrected chi connectivity index (χ0v) is 13.4. The van der Waals surface area contributed by atoms with Gasteiger partial charge in [-0.25, -0.2) is 0 Å². The van der Waals surface area contributed by atoms with Gasteiger partial charge in [0.1, 0.15) is 0 Å². The average molecular weight is 266 g/mol. The van der Waals surface area contributed by atoms with Crippen LogP contribution in [0.25, 0.3) is 0 Å². The Balaban J connectivity index is 1.63. The van der Waals surface area contributed by atoms with Crippen LogP contribution < -0.4 is 0 Å². The zero-order chi connectivity index (χ0) is 13.7. The van der Waals surface area contributed by atoms with Gasteiger partial charge in [-0.15, -0.1) is 0 Å². The van der Waals surface area contributed by atoms with Crippen LogP contribution in [0.5, 0.6) is 0 Å². The van der Waals surface area contributed by atoms with E-state index in [1.54, 1.807) is 0 Å². The zero-order valence-electron chi connectivity index (χ0n) is 13.4. The summed E-state index contributed by atoms with van der Waals surface area (Å²) in [4.78, 5) is 5.29. The second-order valence-electron chi connectivity index (χ2n) is 7.25.